The van der Waals surface area contributed by atoms with E-state index in [0.717, 1.165) is 5.69 Å². The molecule has 17 heavy (non-hydrogen) atoms. The molecule has 0 radical (unpaired) electrons. The van der Waals surface area contributed by atoms with Gasteiger partial charge in [0.15, 0.2) is 0 Å². The van der Waals surface area contributed by atoms with Gasteiger partial charge in [0.25, 0.3) is 0 Å². The molecule has 0 saturated heterocycles. The number of rotatable bonds is 2. The predicted octanol–water partition coefficient (Wildman–Crippen LogP) is 1.97. The van der Waals surface area contributed by atoms with Crippen LogP contribution in [0.2, 0.25) is 0 Å². The third-order valence-corrected chi connectivity index (χ3v) is 2.48. The van der Waals surface area contributed by atoms with E-state index in [1.807, 2.05) is 0 Å². The van der Waals surface area contributed by atoms with Gasteiger partial charge in [-0.25, -0.2) is 4.39 Å². The number of aryl methyl sites for hydroxylation is 1. The minimum atomic E-state index is -0.466. The SMILES string of the molecule is COc1cc(C)nc2c(C(=N)N)cc(F)cc12. The number of halogens is 1. The van der Waals surface area contributed by atoms with Crippen LogP contribution in [0, 0.1) is 18.2 Å². The highest BCUT2D eigenvalue weighted by Gasteiger charge is 2.12. The van der Waals surface area contributed by atoms with Crippen molar-refractivity contribution in [1.29, 1.82) is 5.41 Å². The Hall–Kier alpha value is -2.17. The lowest BCUT2D eigenvalue weighted by molar-refractivity contribution is 0.419. The molecule has 1 aromatic carbocycles. The molecule has 0 fully saturated rings. The summed E-state index contributed by atoms with van der Waals surface area (Å²) in [6.07, 6.45) is 0. The molecule has 1 aromatic heterocycles. The molecule has 0 bridgehead atoms. The summed E-state index contributed by atoms with van der Waals surface area (Å²) in [5.41, 5.74) is 6.91. The molecule has 0 aliphatic rings. The minimum Gasteiger partial charge on any atom is -0.496 e. The van der Waals surface area contributed by atoms with Crippen LogP contribution < -0.4 is 10.5 Å². The summed E-state index contributed by atoms with van der Waals surface area (Å²) in [7, 11) is 1.51. The zero-order chi connectivity index (χ0) is 12.6. The predicted molar refractivity (Wildman–Crippen MR) is 64.0 cm³/mol. The number of hydrogen-bond donors (Lipinski definition) is 2. The number of methoxy groups -OCH3 is 1. The van der Waals surface area contributed by atoms with Gasteiger partial charge in [-0.2, -0.15) is 0 Å². The van der Waals surface area contributed by atoms with Gasteiger partial charge in [0.05, 0.1) is 12.6 Å². The molecule has 0 atom stereocenters. The van der Waals surface area contributed by atoms with Gasteiger partial charge in [-0.3, -0.25) is 10.4 Å². The molecule has 2 rings (SSSR count). The highest BCUT2D eigenvalue weighted by molar-refractivity contribution is 6.07. The Kier molecular flexibility index (Phi) is 2.67. The van der Waals surface area contributed by atoms with Gasteiger partial charge in [-0.1, -0.05) is 0 Å². The second-order valence-electron chi connectivity index (χ2n) is 3.73. The average molecular weight is 233 g/mol. The Labute approximate surface area is 97.7 Å². The van der Waals surface area contributed by atoms with E-state index in [2.05, 4.69) is 4.98 Å². The van der Waals surface area contributed by atoms with Crippen LogP contribution in [0.1, 0.15) is 11.3 Å². The van der Waals surface area contributed by atoms with E-state index in [4.69, 9.17) is 15.9 Å². The molecule has 0 aliphatic carbocycles. The average Bonchev–Trinajstić information content (AvgIpc) is 2.27. The minimum absolute atomic E-state index is 0.213. The first-order chi connectivity index (χ1) is 8.02. The number of nitrogen functional groups attached to an aromatic ring is 1. The second kappa shape index (κ2) is 4.01. The Morgan fingerprint density at radius 1 is 1.41 bits per heavy atom. The maximum Gasteiger partial charge on any atom is 0.130 e. The Balaban J connectivity index is 2.93. The van der Waals surface area contributed by atoms with E-state index >= 15 is 0 Å². The number of fused-ring (bicyclic) bond motifs is 1. The fourth-order valence-corrected chi connectivity index (χ4v) is 1.76. The smallest absolute Gasteiger partial charge is 0.130 e. The number of benzene rings is 1. The van der Waals surface area contributed by atoms with Crippen LogP contribution in [0.5, 0.6) is 5.75 Å². The Bertz CT molecular complexity index is 610. The zero-order valence-corrected chi connectivity index (χ0v) is 9.54. The summed E-state index contributed by atoms with van der Waals surface area (Å²) in [5, 5.41) is 7.96. The zero-order valence-electron chi connectivity index (χ0n) is 9.54. The third kappa shape index (κ3) is 1.91. The van der Waals surface area contributed by atoms with Crippen LogP contribution in [0.25, 0.3) is 10.9 Å². The van der Waals surface area contributed by atoms with Crippen LogP contribution in [-0.4, -0.2) is 17.9 Å². The van der Waals surface area contributed by atoms with E-state index in [0.29, 0.717) is 16.7 Å². The van der Waals surface area contributed by atoms with Gasteiger partial charge < -0.3 is 10.5 Å². The Morgan fingerprint density at radius 2 is 2.12 bits per heavy atom. The number of nitrogens with one attached hydrogen (secondary N) is 1. The van der Waals surface area contributed by atoms with Gasteiger partial charge >= 0.3 is 0 Å². The molecular formula is C12H12FN3O. The third-order valence-electron chi connectivity index (χ3n) is 2.48. The van der Waals surface area contributed by atoms with Crippen molar-refractivity contribution in [2.75, 3.05) is 7.11 Å². The van der Waals surface area contributed by atoms with Gasteiger partial charge in [0.2, 0.25) is 0 Å². The molecule has 3 N–H and O–H groups in total. The molecule has 5 heteroatoms. The quantitative estimate of drug-likeness (QED) is 0.615. The van der Waals surface area contributed by atoms with Crippen LogP contribution in [0.15, 0.2) is 18.2 Å². The molecule has 88 valence electrons. The van der Waals surface area contributed by atoms with E-state index in [1.165, 1.54) is 19.2 Å². The van der Waals surface area contributed by atoms with Crippen molar-refractivity contribution >= 4 is 16.7 Å². The largest absolute Gasteiger partial charge is 0.496 e. The molecule has 0 unspecified atom stereocenters. The summed E-state index contributed by atoms with van der Waals surface area (Å²) < 4.78 is 18.6. The number of aromatic nitrogens is 1. The lowest BCUT2D eigenvalue weighted by atomic mass is 10.1. The van der Waals surface area contributed by atoms with Gasteiger partial charge in [-0.05, 0) is 19.1 Å². The number of nitrogens with zero attached hydrogens (tertiary/aromatic N) is 1. The highest BCUT2D eigenvalue weighted by Crippen LogP contribution is 2.28. The van der Waals surface area contributed by atoms with Gasteiger partial charge in [-0.15, -0.1) is 0 Å². The summed E-state index contributed by atoms with van der Waals surface area (Å²) in [6.45, 7) is 1.80. The van der Waals surface area contributed by atoms with Crippen molar-refractivity contribution in [2.45, 2.75) is 6.92 Å². The van der Waals surface area contributed by atoms with E-state index in [1.54, 1.807) is 13.0 Å². The van der Waals surface area contributed by atoms with E-state index in [-0.39, 0.29) is 11.4 Å². The standard InChI is InChI=1S/C12H12FN3O/c1-6-3-10(17-2)8-4-7(13)5-9(12(14)15)11(8)16-6/h3-5H,1-2H3,(H3,14,15). The van der Waals surface area contributed by atoms with Crippen molar-refractivity contribution < 1.29 is 9.13 Å². The number of ether oxygens (including phenoxy) is 1. The number of amidine groups is 1. The van der Waals surface area contributed by atoms with Crippen molar-refractivity contribution in [3.63, 3.8) is 0 Å². The number of nitrogens with two attached hydrogens (primary N) is 1. The molecule has 4 nitrogen and oxygen atoms in total. The molecule has 0 amide bonds. The normalized spacial score (nSPS) is 10.5. The summed E-state index contributed by atoms with van der Waals surface area (Å²) in [5.74, 6) is -0.157. The Morgan fingerprint density at radius 3 is 2.71 bits per heavy atom. The topological polar surface area (TPSA) is 72.0 Å². The van der Waals surface area contributed by atoms with E-state index in [9.17, 15) is 4.39 Å². The first-order valence-corrected chi connectivity index (χ1v) is 5.02. The summed E-state index contributed by atoms with van der Waals surface area (Å²) in [6, 6.07) is 4.25. The molecule has 0 aliphatic heterocycles. The first kappa shape index (κ1) is 11.3. The van der Waals surface area contributed by atoms with Crippen molar-refractivity contribution in [3.05, 3.63) is 35.3 Å². The second-order valence-corrected chi connectivity index (χ2v) is 3.73. The highest BCUT2D eigenvalue weighted by atomic mass is 19.1. The van der Waals surface area contributed by atoms with Crippen LogP contribution >= 0.6 is 0 Å². The maximum absolute atomic E-state index is 13.4. The van der Waals surface area contributed by atoms with Crippen molar-refractivity contribution in [2.24, 2.45) is 5.73 Å². The van der Waals surface area contributed by atoms with Crippen LogP contribution in [0.4, 0.5) is 4.39 Å². The lowest BCUT2D eigenvalue weighted by Gasteiger charge is -2.10. The van der Waals surface area contributed by atoms with Gasteiger partial charge in [0.1, 0.15) is 17.4 Å². The maximum atomic E-state index is 13.4. The molecule has 0 spiro atoms. The summed E-state index contributed by atoms with van der Waals surface area (Å²) >= 11 is 0. The fourth-order valence-electron chi connectivity index (χ4n) is 1.76. The lowest BCUT2D eigenvalue weighted by Crippen LogP contribution is -2.13. The number of pyridine rings is 1. The van der Waals surface area contributed by atoms with Crippen molar-refractivity contribution in [1.82, 2.24) is 4.98 Å². The molecular weight excluding hydrogens is 221 g/mol. The van der Waals surface area contributed by atoms with Crippen LogP contribution in [-0.2, 0) is 0 Å². The number of hydrogen-bond acceptors (Lipinski definition) is 3. The van der Waals surface area contributed by atoms with Crippen molar-refractivity contribution in [3.8, 4) is 5.75 Å². The van der Waals surface area contributed by atoms with Crippen LogP contribution in [0.3, 0.4) is 0 Å². The molecule has 1 heterocycles. The first-order valence-electron chi connectivity index (χ1n) is 5.02. The summed E-state index contributed by atoms with van der Waals surface area (Å²) in [4.78, 5) is 4.28. The molecule has 2 aromatic rings. The fraction of sp³-hybridized carbons (Fsp3) is 0.167. The monoisotopic (exact) mass is 233 g/mol. The van der Waals surface area contributed by atoms with E-state index < -0.39 is 5.82 Å². The molecule has 0 saturated carbocycles. The van der Waals surface area contributed by atoms with Gasteiger partial charge in [0, 0.05) is 22.7 Å².